The standard InChI is InChI=1S/C15H14N2O2S/c1-11-4-2-3-5-15(11)20(18,19)17-13-7-6-12-8-9-16-14(12)10-13/h2-10,16-17H,1H3. The summed E-state index contributed by atoms with van der Waals surface area (Å²) in [5.41, 5.74) is 2.17. The van der Waals surface area contributed by atoms with Crippen molar-refractivity contribution in [3.8, 4) is 0 Å². The number of H-pyrrole nitrogens is 1. The van der Waals surface area contributed by atoms with Crippen LogP contribution in [0.15, 0.2) is 59.6 Å². The van der Waals surface area contributed by atoms with E-state index >= 15 is 0 Å². The molecule has 0 atom stereocenters. The molecule has 0 aliphatic carbocycles. The lowest BCUT2D eigenvalue weighted by molar-refractivity contribution is 0.600. The molecule has 2 N–H and O–H groups in total. The van der Waals surface area contributed by atoms with Gasteiger partial charge in [-0.25, -0.2) is 8.42 Å². The summed E-state index contributed by atoms with van der Waals surface area (Å²) in [6.45, 7) is 1.78. The monoisotopic (exact) mass is 286 g/mol. The minimum absolute atomic E-state index is 0.298. The second-order valence-electron chi connectivity index (χ2n) is 4.65. The molecule has 1 heterocycles. The van der Waals surface area contributed by atoms with Gasteiger partial charge in [0.25, 0.3) is 10.0 Å². The quantitative estimate of drug-likeness (QED) is 0.776. The Bertz CT molecular complexity index is 866. The third-order valence-corrected chi connectivity index (χ3v) is 4.73. The van der Waals surface area contributed by atoms with Crippen molar-refractivity contribution in [3.63, 3.8) is 0 Å². The fourth-order valence-electron chi connectivity index (χ4n) is 2.18. The molecule has 0 spiro atoms. The van der Waals surface area contributed by atoms with E-state index in [1.807, 2.05) is 24.4 Å². The van der Waals surface area contributed by atoms with E-state index in [4.69, 9.17) is 0 Å². The van der Waals surface area contributed by atoms with E-state index in [1.165, 1.54) is 0 Å². The molecule has 2 aromatic carbocycles. The highest BCUT2D eigenvalue weighted by molar-refractivity contribution is 7.92. The van der Waals surface area contributed by atoms with E-state index in [1.54, 1.807) is 37.3 Å². The Morgan fingerprint density at radius 3 is 2.65 bits per heavy atom. The average molecular weight is 286 g/mol. The smallest absolute Gasteiger partial charge is 0.262 e. The number of hydrogen-bond donors (Lipinski definition) is 2. The third kappa shape index (κ3) is 2.28. The number of aromatic amines is 1. The largest absolute Gasteiger partial charge is 0.361 e. The summed E-state index contributed by atoms with van der Waals surface area (Å²) < 4.78 is 27.4. The first-order valence-corrected chi connectivity index (χ1v) is 7.70. The highest BCUT2D eigenvalue weighted by Gasteiger charge is 2.16. The number of benzene rings is 2. The molecule has 0 saturated heterocycles. The van der Waals surface area contributed by atoms with E-state index in [-0.39, 0.29) is 0 Å². The molecule has 5 heteroatoms. The molecule has 0 aliphatic heterocycles. The number of fused-ring (bicyclic) bond motifs is 1. The predicted octanol–water partition coefficient (Wildman–Crippen LogP) is 3.28. The molecule has 0 radical (unpaired) electrons. The number of sulfonamides is 1. The number of hydrogen-bond acceptors (Lipinski definition) is 2. The molecule has 3 rings (SSSR count). The maximum atomic E-state index is 12.4. The average Bonchev–Trinajstić information content (AvgIpc) is 2.86. The summed E-state index contributed by atoms with van der Waals surface area (Å²) in [5, 5.41) is 1.05. The van der Waals surface area contributed by atoms with Crippen LogP contribution >= 0.6 is 0 Å². The number of aromatic nitrogens is 1. The maximum absolute atomic E-state index is 12.4. The first-order chi connectivity index (χ1) is 9.56. The van der Waals surface area contributed by atoms with Crippen LogP contribution in [0.1, 0.15) is 5.56 Å². The van der Waals surface area contributed by atoms with Crippen LogP contribution in [-0.4, -0.2) is 13.4 Å². The molecule has 0 saturated carbocycles. The van der Waals surface area contributed by atoms with Gasteiger partial charge in [-0.3, -0.25) is 4.72 Å². The molecule has 0 aliphatic rings. The summed E-state index contributed by atoms with van der Waals surface area (Å²) >= 11 is 0. The van der Waals surface area contributed by atoms with Crippen molar-refractivity contribution in [3.05, 3.63) is 60.3 Å². The Labute approximate surface area is 117 Å². The Balaban J connectivity index is 1.99. The Morgan fingerprint density at radius 2 is 1.85 bits per heavy atom. The van der Waals surface area contributed by atoms with Crippen molar-refractivity contribution >= 4 is 26.6 Å². The van der Waals surface area contributed by atoms with Crippen LogP contribution in [0, 0.1) is 6.92 Å². The Morgan fingerprint density at radius 1 is 1.05 bits per heavy atom. The molecule has 3 aromatic rings. The minimum Gasteiger partial charge on any atom is -0.361 e. The fraction of sp³-hybridized carbons (Fsp3) is 0.0667. The zero-order valence-electron chi connectivity index (χ0n) is 10.9. The molecule has 0 fully saturated rings. The van der Waals surface area contributed by atoms with Crippen LogP contribution in [0.2, 0.25) is 0 Å². The summed E-state index contributed by atoms with van der Waals surface area (Å²) in [6.07, 6.45) is 1.82. The van der Waals surface area contributed by atoms with Crippen LogP contribution in [-0.2, 0) is 10.0 Å². The van der Waals surface area contributed by atoms with Gasteiger partial charge in [-0.1, -0.05) is 24.3 Å². The minimum atomic E-state index is -3.56. The van der Waals surface area contributed by atoms with Crippen LogP contribution in [0.5, 0.6) is 0 Å². The van der Waals surface area contributed by atoms with Crippen molar-refractivity contribution < 1.29 is 8.42 Å². The topological polar surface area (TPSA) is 62.0 Å². The van der Waals surface area contributed by atoms with Gasteiger partial charge in [-0.2, -0.15) is 0 Å². The number of nitrogens with one attached hydrogen (secondary N) is 2. The van der Waals surface area contributed by atoms with Crippen molar-refractivity contribution in [2.24, 2.45) is 0 Å². The molecule has 102 valence electrons. The number of anilines is 1. The summed E-state index contributed by atoms with van der Waals surface area (Å²) in [4.78, 5) is 3.36. The molecule has 20 heavy (non-hydrogen) atoms. The lowest BCUT2D eigenvalue weighted by atomic mass is 10.2. The van der Waals surface area contributed by atoms with Gasteiger partial charge in [0, 0.05) is 11.7 Å². The van der Waals surface area contributed by atoms with Gasteiger partial charge in [0.2, 0.25) is 0 Å². The van der Waals surface area contributed by atoms with Gasteiger partial charge in [0.05, 0.1) is 10.6 Å². The van der Waals surface area contributed by atoms with Crippen molar-refractivity contribution in [1.82, 2.24) is 4.98 Å². The Hall–Kier alpha value is -2.27. The van der Waals surface area contributed by atoms with Crippen LogP contribution in [0.4, 0.5) is 5.69 Å². The first-order valence-electron chi connectivity index (χ1n) is 6.22. The van der Waals surface area contributed by atoms with Crippen LogP contribution < -0.4 is 4.72 Å². The van der Waals surface area contributed by atoms with Gasteiger partial charge in [-0.05, 0) is 42.1 Å². The van der Waals surface area contributed by atoms with Gasteiger partial charge in [0.1, 0.15) is 0 Å². The van der Waals surface area contributed by atoms with E-state index in [0.717, 1.165) is 16.5 Å². The van der Waals surface area contributed by atoms with E-state index < -0.39 is 10.0 Å². The molecule has 1 aromatic heterocycles. The van der Waals surface area contributed by atoms with Crippen molar-refractivity contribution in [2.45, 2.75) is 11.8 Å². The fourth-order valence-corrected chi connectivity index (χ4v) is 3.48. The Kier molecular flexibility index (Phi) is 2.99. The zero-order chi connectivity index (χ0) is 14.2. The van der Waals surface area contributed by atoms with Crippen LogP contribution in [0.3, 0.4) is 0 Å². The molecule has 4 nitrogen and oxygen atoms in total. The van der Waals surface area contributed by atoms with Gasteiger partial charge in [-0.15, -0.1) is 0 Å². The van der Waals surface area contributed by atoms with Gasteiger partial charge < -0.3 is 4.98 Å². The van der Waals surface area contributed by atoms with Gasteiger partial charge in [0.15, 0.2) is 0 Å². The van der Waals surface area contributed by atoms with Gasteiger partial charge >= 0.3 is 0 Å². The first kappa shape index (κ1) is 12.7. The summed E-state index contributed by atoms with van der Waals surface area (Å²) in [7, 11) is -3.56. The van der Waals surface area contributed by atoms with Crippen molar-refractivity contribution in [2.75, 3.05) is 4.72 Å². The van der Waals surface area contributed by atoms with Crippen LogP contribution in [0.25, 0.3) is 10.9 Å². The van der Waals surface area contributed by atoms with Crippen molar-refractivity contribution in [1.29, 1.82) is 0 Å². The van der Waals surface area contributed by atoms with E-state index in [2.05, 4.69) is 9.71 Å². The third-order valence-electron chi connectivity index (χ3n) is 3.19. The highest BCUT2D eigenvalue weighted by Crippen LogP contribution is 2.22. The lowest BCUT2D eigenvalue weighted by Crippen LogP contribution is -2.14. The normalized spacial score (nSPS) is 11.7. The lowest BCUT2D eigenvalue weighted by Gasteiger charge is -2.10. The highest BCUT2D eigenvalue weighted by atomic mass is 32.2. The molecular weight excluding hydrogens is 272 g/mol. The maximum Gasteiger partial charge on any atom is 0.262 e. The summed E-state index contributed by atoms with van der Waals surface area (Å²) in [6, 6.07) is 14.3. The van der Waals surface area contributed by atoms with E-state index in [0.29, 0.717) is 10.6 Å². The number of aryl methyl sites for hydroxylation is 1. The second-order valence-corrected chi connectivity index (χ2v) is 6.30. The number of rotatable bonds is 3. The zero-order valence-corrected chi connectivity index (χ0v) is 11.7. The predicted molar refractivity (Wildman–Crippen MR) is 80.3 cm³/mol. The molecule has 0 amide bonds. The molecule has 0 bridgehead atoms. The SMILES string of the molecule is Cc1ccccc1S(=O)(=O)Nc1ccc2cc[nH]c2c1. The summed E-state index contributed by atoms with van der Waals surface area (Å²) in [5.74, 6) is 0. The molecular formula is C15H14N2O2S. The second kappa shape index (κ2) is 4.68. The van der Waals surface area contributed by atoms with E-state index in [9.17, 15) is 8.42 Å². The molecule has 0 unspecified atom stereocenters.